The molecule has 16 heavy (non-hydrogen) atoms. The van der Waals surface area contributed by atoms with Gasteiger partial charge in [0.2, 0.25) is 0 Å². The lowest BCUT2D eigenvalue weighted by atomic mass is 10.1. The zero-order chi connectivity index (χ0) is 12.2. The first-order valence-corrected chi connectivity index (χ1v) is 6.95. The molecule has 1 N–H and O–H groups in total. The van der Waals surface area contributed by atoms with E-state index in [2.05, 4.69) is 13.8 Å². The average molecular weight is 224 g/mol. The molecular weight excluding hydrogens is 196 g/mol. The van der Waals surface area contributed by atoms with Crippen molar-refractivity contribution >= 4 is 0 Å². The van der Waals surface area contributed by atoms with Gasteiger partial charge < -0.3 is 16.7 Å². The van der Waals surface area contributed by atoms with Crippen molar-refractivity contribution in [1.82, 2.24) is 0 Å². The van der Waals surface area contributed by atoms with Crippen molar-refractivity contribution < 1.29 is 4.90 Å². The first kappa shape index (κ1) is 15.4. The molecular formula is C14H28N2. The van der Waals surface area contributed by atoms with Crippen molar-refractivity contribution in [3.8, 4) is 0 Å². The van der Waals surface area contributed by atoms with Crippen molar-refractivity contribution in [1.29, 1.82) is 5.26 Å². The Morgan fingerprint density at radius 2 is 1.88 bits per heavy atom. The van der Waals surface area contributed by atoms with Crippen LogP contribution in [0.15, 0.2) is 0 Å². The summed E-state index contributed by atoms with van der Waals surface area (Å²) in [7, 11) is 0. The Hall–Kier alpha value is -0.550. The van der Waals surface area contributed by atoms with Crippen LogP contribution in [0.2, 0.25) is 0 Å². The van der Waals surface area contributed by atoms with E-state index in [1.165, 1.54) is 64.5 Å². The third kappa shape index (κ3) is 6.12. The van der Waals surface area contributed by atoms with Gasteiger partial charge in [-0.3, -0.25) is 0 Å². The molecule has 1 aliphatic heterocycles. The van der Waals surface area contributed by atoms with E-state index >= 15 is 0 Å². The Morgan fingerprint density at radius 3 is 2.50 bits per heavy atom. The maximum atomic E-state index is 6.25. The fourth-order valence-corrected chi connectivity index (χ4v) is 2.79. The second-order valence-corrected chi connectivity index (χ2v) is 4.85. The lowest BCUT2D eigenvalue weighted by molar-refractivity contribution is -0.912. The zero-order valence-corrected chi connectivity index (χ0v) is 11.1. The summed E-state index contributed by atoms with van der Waals surface area (Å²) in [5.41, 5.74) is 0. The van der Waals surface area contributed by atoms with Crippen molar-refractivity contribution in [2.24, 2.45) is 0 Å². The summed E-state index contributed by atoms with van der Waals surface area (Å²) < 4.78 is 0. The molecule has 0 aliphatic carbocycles. The first-order chi connectivity index (χ1) is 7.88. The average Bonchev–Trinajstić information content (AvgIpc) is 2.76. The summed E-state index contributed by atoms with van der Waals surface area (Å²) >= 11 is 0. The van der Waals surface area contributed by atoms with Crippen LogP contribution < -0.4 is 4.90 Å². The van der Waals surface area contributed by atoms with Crippen LogP contribution in [0.3, 0.4) is 0 Å². The summed E-state index contributed by atoms with van der Waals surface area (Å²) in [5, 5.41) is 6.25. The van der Waals surface area contributed by atoms with Gasteiger partial charge in [-0.25, -0.2) is 0 Å². The summed E-state index contributed by atoms with van der Waals surface area (Å²) in [6.07, 6.45) is 11.5. The van der Waals surface area contributed by atoms with E-state index in [0.29, 0.717) is 0 Å². The Labute approximate surface area is 102 Å². The predicted octanol–water partition coefficient (Wildman–Crippen LogP) is 2.51. The van der Waals surface area contributed by atoms with Crippen LogP contribution in [0.5, 0.6) is 0 Å². The molecule has 1 saturated heterocycles. The molecule has 94 valence electrons. The molecule has 0 saturated carbocycles. The second kappa shape index (κ2) is 11.0. The van der Waals surface area contributed by atoms with Crippen LogP contribution in [-0.4, -0.2) is 19.1 Å². The monoisotopic (exact) mass is 224 g/mol. The molecule has 0 radical (unpaired) electrons. The Balaban J connectivity index is 0.00000106. The number of hydrogen-bond donors (Lipinski definition) is 1. The lowest BCUT2D eigenvalue weighted by Gasteiger charge is -2.20. The Kier molecular flexibility index (Phi) is 10.6. The molecule has 0 bridgehead atoms. The van der Waals surface area contributed by atoms with Crippen LogP contribution in [0.4, 0.5) is 0 Å². The highest BCUT2D eigenvalue weighted by atomic mass is 15.2. The van der Waals surface area contributed by atoms with Gasteiger partial charge in [0.25, 0.3) is 0 Å². The number of hydrogen-bond acceptors (Lipinski definition) is 1. The van der Waals surface area contributed by atoms with Gasteiger partial charge in [0, 0.05) is 12.8 Å². The number of quaternary nitrogens is 1. The lowest BCUT2D eigenvalue weighted by Crippen LogP contribution is -3.13. The summed E-state index contributed by atoms with van der Waals surface area (Å²) in [6, 6.07) is 1.02. The van der Waals surface area contributed by atoms with Gasteiger partial charge in [0.05, 0.1) is 19.1 Å². The van der Waals surface area contributed by atoms with Crippen LogP contribution in [0, 0.1) is 11.8 Å². The molecule has 2 atom stereocenters. The molecule has 0 aromatic heterocycles. The number of unbranched alkanes of at least 4 members (excludes halogenated alkanes) is 3. The maximum Gasteiger partial charge on any atom is 0.0876 e. The Bertz CT molecular complexity index is 165. The third-order valence-electron chi connectivity index (χ3n) is 3.62. The van der Waals surface area contributed by atoms with E-state index in [-0.39, 0.29) is 0 Å². The zero-order valence-electron chi connectivity index (χ0n) is 11.1. The third-order valence-corrected chi connectivity index (χ3v) is 3.62. The van der Waals surface area contributed by atoms with E-state index in [9.17, 15) is 0 Å². The quantitative estimate of drug-likeness (QED) is 0.522. The molecule has 1 aliphatic rings. The number of likely N-dealkylation sites (tertiary alicyclic amines) is 1. The number of nitrogens with one attached hydrogen (secondary N) is 1. The Morgan fingerprint density at radius 1 is 1.12 bits per heavy atom. The van der Waals surface area contributed by atoms with Crippen LogP contribution in [0.1, 0.15) is 65.2 Å². The molecule has 1 fully saturated rings. The van der Waals surface area contributed by atoms with Gasteiger partial charge >= 0.3 is 0 Å². The minimum Gasteiger partial charge on any atom is -0.512 e. The molecule has 0 amide bonds. The molecule has 0 aromatic carbocycles. The first-order valence-electron chi connectivity index (χ1n) is 6.95. The fraction of sp³-hybridized carbons (Fsp3) is 0.929. The van der Waals surface area contributed by atoms with Gasteiger partial charge in [-0.1, -0.05) is 33.1 Å². The SMILES string of the molecule is CCCCCC[NH+]1CCCC1CCC.[C-]#N. The van der Waals surface area contributed by atoms with Gasteiger partial charge in [-0.15, -0.1) is 0 Å². The molecule has 0 aromatic rings. The van der Waals surface area contributed by atoms with Gasteiger partial charge in [0.15, 0.2) is 0 Å². The largest absolute Gasteiger partial charge is 0.512 e. The molecule has 2 nitrogen and oxygen atoms in total. The van der Waals surface area contributed by atoms with E-state index in [1.54, 1.807) is 0 Å². The smallest absolute Gasteiger partial charge is 0.0876 e. The highest BCUT2D eigenvalue weighted by Gasteiger charge is 2.26. The van der Waals surface area contributed by atoms with E-state index in [1.807, 2.05) is 4.90 Å². The molecule has 2 heteroatoms. The standard InChI is InChI=1S/C13H27N.CN/c1-3-5-6-7-11-14-12-8-10-13(14)9-4-2;1-2/h13H,3-12H2,1-2H3;/q;-1/p+1. The van der Waals surface area contributed by atoms with E-state index in [4.69, 9.17) is 11.8 Å². The molecule has 1 rings (SSSR count). The highest BCUT2D eigenvalue weighted by molar-refractivity contribution is 4.61. The minimum atomic E-state index is 1.02. The van der Waals surface area contributed by atoms with Crippen LogP contribution in [0.25, 0.3) is 0 Å². The van der Waals surface area contributed by atoms with Crippen molar-refractivity contribution in [2.75, 3.05) is 13.1 Å². The van der Waals surface area contributed by atoms with Crippen molar-refractivity contribution in [3.05, 3.63) is 6.57 Å². The van der Waals surface area contributed by atoms with E-state index < -0.39 is 0 Å². The summed E-state index contributed by atoms with van der Waals surface area (Å²) in [6.45, 7) is 12.3. The van der Waals surface area contributed by atoms with Crippen molar-refractivity contribution in [2.45, 2.75) is 71.3 Å². The minimum absolute atomic E-state index is 1.02. The van der Waals surface area contributed by atoms with Crippen LogP contribution in [-0.2, 0) is 0 Å². The number of rotatable bonds is 7. The highest BCUT2D eigenvalue weighted by Crippen LogP contribution is 2.06. The predicted molar refractivity (Wildman–Crippen MR) is 67.7 cm³/mol. The molecule has 2 unspecified atom stereocenters. The van der Waals surface area contributed by atoms with Crippen molar-refractivity contribution in [3.63, 3.8) is 0 Å². The van der Waals surface area contributed by atoms with E-state index in [0.717, 1.165) is 6.04 Å². The molecule has 0 spiro atoms. The molecule has 1 heterocycles. The summed E-state index contributed by atoms with van der Waals surface area (Å²) in [4.78, 5) is 1.92. The topological polar surface area (TPSA) is 28.2 Å². The van der Waals surface area contributed by atoms with Gasteiger partial charge in [0.1, 0.15) is 0 Å². The number of nitrogens with zero attached hydrogens (tertiary/aromatic N) is 1. The van der Waals surface area contributed by atoms with Gasteiger partial charge in [-0.05, 0) is 19.3 Å². The maximum absolute atomic E-state index is 6.25. The second-order valence-electron chi connectivity index (χ2n) is 4.85. The normalized spacial score (nSPS) is 23.8. The van der Waals surface area contributed by atoms with Gasteiger partial charge in [-0.2, -0.15) is 0 Å². The fourth-order valence-electron chi connectivity index (χ4n) is 2.79. The summed E-state index contributed by atoms with van der Waals surface area (Å²) in [5.74, 6) is 0. The van der Waals surface area contributed by atoms with Crippen LogP contribution >= 0.6 is 0 Å².